The van der Waals surface area contributed by atoms with Crippen LogP contribution in [0.4, 0.5) is 0 Å². The molecule has 0 amide bonds. The highest BCUT2D eigenvalue weighted by molar-refractivity contribution is 7.47. The van der Waals surface area contributed by atoms with Crippen LogP contribution < -0.4 is 0 Å². The van der Waals surface area contributed by atoms with Crippen LogP contribution in [0.2, 0.25) is 0 Å². The van der Waals surface area contributed by atoms with Crippen molar-refractivity contribution in [1.82, 2.24) is 0 Å². The average Bonchev–Trinajstić information content (AvgIpc) is 2.86. The molecular formula is C26H45O9P. The largest absolute Gasteiger partial charge is 0.472 e. The summed E-state index contributed by atoms with van der Waals surface area (Å²) in [5.41, 5.74) is 0. The molecule has 0 aliphatic rings. The standard InChI is InChI=1S/C26H45O9P/c1-2-3-4-5-6-7-8-9-10-11-12-13-14-15-16-17-18-19-26(30)35-25(21-28)23-34-36(31,32)33-22-24(29)20-27/h6-7,9-10,12-13,15-16,24-25,27-29H,2-5,8,11,14,17-23H2,1H3,(H,31,32)/b7-6-,10-9-,13-12-,16-15-. The third-order valence-electron chi connectivity index (χ3n) is 4.78. The first-order valence-corrected chi connectivity index (χ1v) is 14.1. The minimum atomic E-state index is -4.52. The van der Waals surface area contributed by atoms with Gasteiger partial charge in [0, 0.05) is 6.42 Å². The van der Waals surface area contributed by atoms with E-state index in [2.05, 4.69) is 52.4 Å². The Bertz CT molecular complexity index is 704. The molecule has 0 aromatic heterocycles. The lowest BCUT2D eigenvalue weighted by molar-refractivity contribution is -0.153. The molecule has 208 valence electrons. The van der Waals surface area contributed by atoms with E-state index in [1.54, 1.807) is 0 Å². The molecule has 10 heteroatoms. The summed E-state index contributed by atoms with van der Waals surface area (Å²) >= 11 is 0. The molecule has 0 aromatic carbocycles. The fraction of sp³-hybridized carbons (Fsp3) is 0.654. The Hall–Kier alpha value is -1.58. The molecule has 0 bridgehead atoms. The van der Waals surface area contributed by atoms with E-state index < -0.39 is 52.4 Å². The Morgan fingerprint density at radius 2 is 1.33 bits per heavy atom. The molecule has 0 spiro atoms. The van der Waals surface area contributed by atoms with Gasteiger partial charge < -0.3 is 24.9 Å². The molecular weight excluding hydrogens is 487 g/mol. The van der Waals surface area contributed by atoms with E-state index in [0.29, 0.717) is 12.8 Å². The summed E-state index contributed by atoms with van der Waals surface area (Å²) in [7, 11) is -4.52. The van der Waals surface area contributed by atoms with E-state index in [1.807, 2.05) is 12.2 Å². The molecule has 36 heavy (non-hydrogen) atoms. The second kappa shape index (κ2) is 23.8. The lowest BCUT2D eigenvalue weighted by Crippen LogP contribution is -2.27. The number of unbranched alkanes of at least 4 members (excludes halogenated alkanes) is 4. The Morgan fingerprint density at radius 1 is 0.806 bits per heavy atom. The number of aliphatic hydroxyl groups excluding tert-OH is 3. The van der Waals surface area contributed by atoms with Crippen molar-refractivity contribution < 1.29 is 43.4 Å². The van der Waals surface area contributed by atoms with E-state index >= 15 is 0 Å². The smallest absolute Gasteiger partial charge is 0.457 e. The van der Waals surface area contributed by atoms with Crippen molar-refractivity contribution in [3.8, 4) is 0 Å². The van der Waals surface area contributed by atoms with Crippen LogP contribution in [0.3, 0.4) is 0 Å². The van der Waals surface area contributed by atoms with Crippen molar-refractivity contribution in [1.29, 1.82) is 0 Å². The number of hydrogen-bond acceptors (Lipinski definition) is 8. The molecule has 0 radical (unpaired) electrons. The van der Waals surface area contributed by atoms with Crippen LogP contribution in [0, 0.1) is 0 Å². The van der Waals surface area contributed by atoms with Crippen LogP contribution in [0.15, 0.2) is 48.6 Å². The molecule has 3 unspecified atom stereocenters. The summed E-state index contributed by atoms with van der Waals surface area (Å²) in [5.74, 6) is -0.557. The first-order valence-electron chi connectivity index (χ1n) is 12.7. The molecule has 0 saturated carbocycles. The molecule has 3 atom stereocenters. The zero-order valence-electron chi connectivity index (χ0n) is 21.5. The van der Waals surface area contributed by atoms with Gasteiger partial charge in [-0.25, -0.2) is 4.57 Å². The topological polar surface area (TPSA) is 143 Å². The molecule has 4 N–H and O–H groups in total. The lowest BCUT2D eigenvalue weighted by Gasteiger charge is -2.18. The van der Waals surface area contributed by atoms with E-state index in [1.165, 1.54) is 19.3 Å². The third kappa shape index (κ3) is 22.9. The van der Waals surface area contributed by atoms with Gasteiger partial charge in [-0.2, -0.15) is 0 Å². The predicted octanol–water partition coefficient (Wildman–Crippen LogP) is 4.52. The van der Waals surface area contributed by atoms with Gasteiger partial charge in [-0.3, -0.25) is 13.8 Å². The normalized spacial score (nSPS) is 15.8. The molecule has 0 aliphatic heterocycles. The van der Waals surface area contributed by atoms with Gasteiger partial charge in [0.1, 0.15) is 12.2 Å². The van der Waals surface area contributed by atoms with E-state index in [9.17, 15) is 19.4 Å². The number of phosphoric ester groups is 1. The Labute approximate surface area is 215 Å². The number of hydrogen-bond donors (Lipinski definition) is 4. The van der Waals surface area contributed by atoms with E-state index in [4.69, 9.17) is 14.9 Å². The highest BCUT2D eigenvalue weighted by Crippen LogP contribution is 2.43. The molecule has 9 nitrogen and oxygen atoms in total. The average molecular weight is 533 g/mol. The van der Waals surface area contributed by atoms with Gasteiger partial charge in [0.2, 0.25) is 0 Å². The Kier molecular flexibility index (Phi) is 22.8. The van der Waals surface area contributed by atoms with Gasteiger partial charge in [0.15, 0.2) is 0 Å². The van der Waals surface area contributed by atoms with Gasteiger partial charge in [-0.15, -0.1) is 0 Å². The van der Waals surface area contributed by atoms with Gasteiger partial charge in [-0.1, -0.05) is 68.4 Å². The number of ether oxygens (including phenoxy) is 1. The lowest BCUT2D eigenvalue weighted by atomic mass is 10.2. The second-order valence-electron chi connectivity index (χ2n) is 8.17. The maximum Gasteiger partial charge on any atom is 0.472 e. The van der Waals surface area contributed by atoms with Crippen molar-refractivity contribution >= 4 is 13.8 Å². The summed E-state index contributed by atoms with van der Waals surface area (Å²) < 4.78 is 25.8. The maximum absolute atomic E-state index is 11.9. The fourth-order valence-corrected chi connectivity index (χ4v) is 3.53. The molecule has 0 saturated heterocycles. The zero-order chi connectivity index (χ0) is 26.9. The number of phosphoric acid groups is 1. The van der Waals surface area contributed by atoms with Crippen LogP contribution in [0.25, 0.3) is 0 Å². The van der Waals surface area contributed by atoms with Crippen LogP contribution >= 0.6 is 7.82 Å². The number of carbonyl (C=O) groups excluding carboxylic acids is 1. The number of esters is 1. The monoisotopic (exact) mass is 532 g/mol. The van der Waals surface area contributed by atoms with Crippen molar-refractivity contribution in [3.05, 3.63) is 48.6 Å². The van der Waals surface area contributed by atoms with Crippen LogP contribution in [-0.2, 0) is 23.1 Å². The Balaban J connectivity index is 3.89. The molecule has 0 heterocycles. The Morgan fingerprint density at radius 3 is 1.86 bits per heavy atom. The minimum Gasteiger partial charge on any atom is -0.457 e. The van der Waals surface area contributed by atoms with Crippen molar-refractivity contribution in [2.45, 2.75) is 83.3 Å². The van der Waals surface area contributed by atoms with Gasteiger partial charge in [0.25, 0.3) is 0 Å². The van der Waals surface area contributed by atoms with E-state index in [-0.39, 0.29) is 6.42 Å². The number of rotatable bonds is 23. The van der Waals surface area contributed by atoms with Crippen molar-refractivity contribution in [2.24, 2.45) is 0 Å². The number of aliphatic hydroxyl groups is 3. The zero-order valence-corrected chi connectivity index (χ0v) is 22.3. The molecule has 0 rings (SSSR count). The van der Waals surface area contributed by atoms with Gasteiger partial charge in [-0.05, 0) is 44.9 Å². The van der Waals surface area contributed by atoms with Crippen molar-refractivity contribution in [3.63, 3.8) is 0 Å². The summed E-state index contributed by atoms with van der Waals surface area (Å²) in [6.07, 6.45) is 23.6. The highest BCUT2D eigenvalue weighted by Gasteiger charge is 2.25. The summed E-state index contributed by atoms with van der Waals surface area (Å²) in [6.45, 7) is -0.185. The first-order chi connectivity index (χ1) is 17.3. The third-order valence-corrected chi connectivity index (χ3v) is 5.73. The van der Waals surface area contributed by atoms with Crippen LogP contribution in [0.5, 0.6) is 0 Å². The van der Waals surface area contributed by atoms with Crippen molar-refractivity contribution in [2.75, 3.05) is 26.4 Å². The second-order valence-corrected chi connectivity index (χ2v) is 9.63. The first kappa shape index (κ1) is 34.4. The predicted molar refractivity (Wildman–Crippen MR) is 140 cm³/mol. The maximum atomic E-state index is 11.9. The molecule has 0 fully saturated rings. The summed E-state index contributed by atoms with van der Waals surface area (Å²) in [4.78, 5) is 21.4. The molecule has 0 aliphatic carbocycles. The summed E-state index contributed by atoms with van der Waals surface area (Å²) in [6, 6.07) is 0. The quantitative estimate of drug-likeness (QED) is 0.0646. The molecule has 0 aromatic rings. The summed E-state index contributed by atoms with van der Waals surface area (Å²) in [5, 5.41) is 27.1. The van der Waals surface area contributed by atoms with Gasteiger partial charge >= 0.3 is 13.8 Å². The number of allylic oxidation sites excluding steroid dienone is 8. The fourth-order valence-electron chi connectivity index (χ4n) is 2.74. The van der Waals surface area contributed by atoms with Crippen LogP contribution in [0.1, 0.15) is 71.1 Å². The minimum absolute atomic E-state index is 0.129. The SMILES string of the molecule is CCCCC/C=C\C/C=C\C/C=C\C/C=C\CCCC(=O)OC(CO)COP(=O)(O)OCC(O)CO. The van der Waals surface area contributed by atoms with E-state index in [0.717, 1.165) is 25.7 Å². The van der Waals surface area contributed by atoms with Gasteiger partial charge in [0.05, 0.1) is 26.4 Å². The van der Waals surface area contributed by atoms with Crippen LogP contribution in [-0.4, -0.2) is 64.8 Å². The number of carbonyl (C=O) groups is 1. The highest BCUT2D eigenvalue weighted by atomic mass is 31.2.